The molecule has 1 aromatic heterocycles. The molecule has 1 heterocycles. The van der Waals surface area contributed by atoms with Crippen molar-refractivity contribution in [2.24, 2.45) is 0 Å². The quantitative estimate of drug-likeness (QED) is 0.560. The summed E-state index contributed by atoms with van der Waals surface area (Å²) in [6.45, 7) is 0. The van der Waals surface area contributed by atoms with Gasteiger partial charge in [-0.1, -0.05) is 21.3 Å². The van der Waals surface area contributed by atoms with E-state index in [9.17, 15) is 28.7 Å². The Morgan fingerprint density at radius 3 is 2.06 bits per heavy atom. The van der Waals surface area contributed by atoms with Crippen LogP contribution < -0.4 is 19.6 Å². The summed E-state index contributed by atoms with van der Waals surface area (Å²) in [6.07, 6.45) is 0.586. The molecule has 9 heteroatoms. The molecule has 0 fully saturated rings. The van der Waals surface area contributed by atoms with Crippen LogP contribution in [0.2, 0.25) is 0 Å². The van der Waals surface area contributed by atoms with Crippen LogP contribution in [-0.4, -0.2) is 10.4 Å². The summed E-state index contributed by atoms with van der Waals surface area (Å²) in [5, 5.41) is -2.48. The van der Waals surface area contributed by atoms with Crippen molar-refractivity contribution in [3.8, 4) is 0 Å². The van der Waals surface area contributed by atoms with Crippen LogP contribution in [0, 0.1) is 0 Å². The van der Waals surface area contributed by atoms with Crippen LogP contribution >= 0.6 is 15.2 Å². The molecule has 0 saturated carbocycles. The van der Waals surface area contributed by atoms with Crippen LogP contribution in [0.1, 0.15) is 5.69 Å². The Morgan fingerprint density at radius 2 is 1.69 bits per heavy atom. The molecule has 16 heavy (non-hydrogen) atoms. The first-order valence-electron chi connectivity index (χ1n) is 4.14. The smallest absolute Gasteiger partial charge is 0.0413 e. The number of aromatic nitrogens is 1. The van der Waals surface area contributed by atoms with Gasteiger partial charge in [0.25, 0.3) is 0 Å². The van der Waals surface area contributed by atoms with Gasteiger partial charge in [-0.05, 0) is 12.1 Å². The fraction of sp³-hybridized carbons (Fsp3) is 0.286. The molecule has 0 aromatic carbocycles. The minimum Gasteiger partial charge on any atom is -0.810 e. The molecule has 0 bridgehead atoms. The normalized spacial score (nSPS) is 13.1. The SMILES string of the molecule is O=P([O-])([O-])C(Cc1ccccn1)P(=O)([O-])[O-]. The lowest BCUT2D eigenvalue weighted by molar-refractivity contribution is -0.329. The van der Waals surface area contributed by atoms with E-state index in [2.05, 4.69) is 4.98 Å². The second kappa shape index (κ2) is 4.75. The van der Waals surface area contributed by atoms with E-state index < -0.39 is 27.0 Å². The first kappa shape index (κ1) is 13.5. The predicted molar refractivity (Wildman–Crippen MR) is 46.9 cm³/mol. The maximum absolute atomic E-state index is 10.7. The molecule has 0 atom stereocenters. The largest absolute Gasteiger partial charge is 0.810 e. The third-order valence-electron chi connectivity index (χ3n) is 1.85. The molecular formula is C7H7NO6P2-4. The lowest BCUT2D eigenvalue weighted by atomic mass is 10.3. The predicted octanol–water partition coefficient (Wildman–Crippen LogP) is -2.22. The van der Waals surface area contributed by atoms with Crippen molar-refractivity contribution in [1.29, 1.82) is 0 Å². The van der Waals surface area contributed by atoms with Crippen molar-refractivity contribution in [2.75, 3.05) is 0 Å². The van der Waals surface area contributed by atoms with Crippen LogP contribution in [0.15, 0.2) is 24.4 Å². The number of rotatable bonds is 4. The Kier molecular flexibility index (Phi) is 4.02. The molecule has 90 valence electrons. The second-order valence-electron chi connectivity index (χ2n) is 3.09. The first-order valence-corrected chi connectivity index (χ1v) is 7.37. The van der Waals surface area contributed by atoms with Gasteiger partial charge in [-0.2, -0.15) is 0 Å². The van der Waals surface area contributed by atoms with Gasteiger partial charge in [0, 0.05) is 23.7 Å². The molecule has 0 unspecified atom stereocenters. The number of hydrogen-bond acceptors (Lipinski definition) is 7. The molecular weight excluding hydrogens is 256 g/mol. The van der Waals surface area contributed by atoms with Crippen LogP contribution in [0.3, 0.4) is 0 Å². The topological polar surface area (TPSA) is 139 Å². The van der Waals surface area contributed by atoms with E-state index in [4.69, 9.17) is 0 Å². The van der Waals surface area contributed by atoms with Crippen molar-refractivity contribution < 1.29 is 28.7 Å². The Labute approximate surface area is 91.5 Å². The van der Waals surface area contributed by atoms with Crippen molar-refractivity contribution >= 4 is 15.2 Å². The van der Waals surface area contributed by atoms with Crippen LogP contribution in [0.4, 0.5) is 0 Å². The molecule has 1 rings (SSSR count). The molecule has 0 aliphatic carbocycles. The second-order valence-corrected chi connectivity index (χ2v) is 6.90. The molecule has 0 aliphatic rings. The van der Waals surface area contributed by atoms with Crippen molar-refractivity contribution in [2.45, 2.75) is 11.8 Å². The van der Waals surface area contributed by atoms with Crippen molar-refractivity contribution in [1.82, 2.24) is 4.98 Å². The van der Waals surface area contributed by atoms with Gasteiger partial charge < -0.3 is 28.7 Å². The molecule has 0 radical (unpaired) electrons. The molecule has 0 spiro atoms. The summed E-state index contributed by atoms with van der Waals surface area (Å²) in [7, 11) is -11.0. The Morgan fingerprint density at radius 1 is 1.12 bits per heavy atom. The number of nitrogens with zero attached hydrogens (tertiary/aromatic N) is 1. The monoisotopic (exact) mass is 263 g/mol. The molecule has 0 aliphatic heterocycles. The van der Waals surface area contributed by atoms with Gasteiger partial charge in [0.1, 0.15) is 0 Å². The highest BCUT2D eigenvalue weighted by Crippen LogP contribution is 2.51. The Hall–Kier alpha value is -0.550. The van der Waals surface area contributed by atoms with Gasteiger partial charge in [-0.3, -0.25) is 4.98 Å². The van der Waals surface area contributed by atoms with Gasteiger partial charge in [0.15, 0.2) is 0 Å². The minimum absolute atomic E-state index is 0.0614. The Balaban J connectivity index is 2.99. The zero-order chi connectivity index (χ0) is 12.4. The van der Waals surface area contributed by atoms with Crippen LogP contribution in [0.5, 0.6) is 0 Å². The van der Waals surface area contributed by atoms with Crippen molar-refractivity contribution in [3.63, 3.8) is 0 Å². The average Bonchev–Trinajstić information content (AvgIpc) is 2.12. The lowest BCUT2D eigenvalue weighted by Crippen LogP contribution is -2.35. The lowest BCUT2D eigenvalue weighted by Gasteiger charge is -2.49. The van der Waals surface area contributed by atoms with Gasteiger partial charge in [0.2, 0.25) is 0 Å². The molecule has 0 amide bonds. The summed E-state index contributed by atoms with van der Waals surface area (Å²) in [4.78, 5) is 46.3. The van der Waals surface area contributed by atoms with E-state index in [0.29, 0.717) is 0 Å². The average molecular weight is 263 g/mol. The highest BCUT2D eigenvalue weighted by molar-refractivity contribution is 7.68. The summed E-state index contributed by atoms with van der Waals surface area (Å²) in [5.74, 6) is 0. The van der Waals surface area contributed by atoms with Crippen LogP contribution in [0.25, 0.3) is 0 Å². The summed E-state index contributed by atoms with van der Waals surface area (Å²) >= 11 is 0. The highest BCUT2D eigenvalue weighted by Gasteiger charge is 2.18. The standard InChI is InChI=1S/C7H11NO6P2/c9-15(10,11)7(16(12,13)14)5-6-3-1-2-4-8-6/h1-4,7H,5H2,(H2,9,10,11)(H2,12,13,14)/p-4. The van der Waals surface area contributed by atoms with E-state index in [0.717, 1.165) is 0 Å². The molecule has 0 N–H and O–H groups in total. The summed E-state index contributed by atoms with van der Waals surface area (Å²) in [6, 6.07) is 4.35. The summed E-state index contributed by atoms with van der Waals surface area (Å²) in [5.41, 5.74) is 0.0614. The summed E-state index contributed by atoms with van der Waals surface area (Å²) < 4.78 is 21.3. The first-order chi connectivity index (χ1) is 7.21. The Bertz CT molecular complexity index is 415. The van der Waals surface area contributed by atoms with E-state index >= 15 is 0 Å². The minimum atomic E-state index is -5.49. The maximum Gasteiger partial charge on any atom is 0.0413 e. The van der Waals surface area contributed by atoms with E-state index in [1.165, 1.54) is 24.4 Å². The molecule has 0 saturated heterocycles. The van der Waals surface area contributed by atoms with Gasteiger partial charge in [-0.25, -0.2) is 0 Å². The maximum atomic E-state index is 10.7. The molecule has 1 aromatic rings. The van der Waals surface area contributed by atoms with E-state index in [1.54, 1.807) is 0 Å². The number of hydrogen-bond donors (Lipinski definition) is 0. The molecule has 7 nitrogen and oxygen atoms in total. The zero-order valence-electron chi connectivity index (χ0n) is 7.88. The van der Waals surface area contributed by atoms with Crippen molar-refractivity contribution in [3.05, 3.63) is 30.1 Å². The fourth-order valence-electron chi connectivity index (χ4n) is 1.10. The number of pyridine rings is 1. The highest BCUT2D eigenvalue weighted by atomic mass is 31.2. The third-order valence-corrected chi connectivity index (χ3v) is 5.37. The van der Waals surface area contributed by atoms with E-state index in [-0.39, 0.29) is 5.69 Å². The third kappa shape index (κ3) is 3.79. The van der Waals surface area contributed by atoms with E-state index in [1.807, 2.05) is 0 Å². The zero-order valence-corrected chi connectivity index (χ0v) is 9.67. The van der Waals surface area contributed by atoms with Gasteiger partial charge >= 0.3 is 0 Å². The van der Waals surface area contributed by atoms with Gasteiger partial charge in [0.05, 0.1) is 0 Å². The van der Waals surface area contributed by atoms with Crippen LogP contribution in [-0.2, 0) is 15.6 Å². The van der Waals surface area contributed by atoms with Gasteiger partial charge in [-0.15, -0.1) is 0 Å². The fourth-order valence-corrected chi connectivity index (χ4v) is 3.31.